The van der Waals surface area contributed by atoms with Gasteiger partial charge in [0.15, 0.2) is 0 Å². The molecule has 0 unspecified atom stereocenters. The van der Waals surface area contributed by atoms with Gasteiger partial charge in [-0.15, -0.1) is 0 Å². The van der Waals surface area contributed by atoms with Crippen molar-refractivity contribution in [1.29, 1.82) is 0 Å². The molecule has 10 heteroatoms. The molecule has 0 aliphatic heterocycles. The van der Waals surface area contributed by atoms with E-state index >= 15 is 0 Å². The second-order valence-corrected chi connectivity index (χ2v) is 8.52. The number of hydrazone groups is 1. The van der Waals surface area contributed by atoms with E-state index in [2.05, 4.69) is 34.6 Å². The SMILES string of the molecule is CCN(CC)Cc1cc(C(=O)Nc2ccc(C=NNC(=O)c3ccc(C)c([N+](=O)[O-])c3)cc2)ccc1OC. The van der Waals surface area contributed by atoms with Gasteiger partial charge < -0.3 is 10.1 Å². The Labute approximate surface area is 221 Å². The zero-order chi connectivity index (χ0) is 27.7. The highest BCUT2D eigenvalue weighted by Crippen LogP contribution is 2.23. The smallest absolute Gasteiger partial charge is 0.273 e. The lowest BCUT2D eigenvalue weighted by molar-refractivity contribution is -0.385. The summed E-state index contributed by atoms with van der Waals surface area (Å²) in [5.41, 5.74) is 5.59. The second-order valence-electron chi connectivity index (χ2n) is 8.52. The number of nitro benzene ring substituents is 1. The number of nitro groups is 1. The quantitative estimate of drug-likeness (QED) is 0.214. The molecular weight excluding hydrogens is 486 g/mol. The Kier molecular flexibility index (Phi) is 9.66. The van der Waals surface area contributed by atoms with Crippen molar-refractivity contribution < 1.29 is 19.2 Å². The molecule has 0 saturated heterocycles. The molecule has 0 saturated carbocycles. The average Bonchev–Trinajstić information content (AvgIpc) is 2.92. The van der Waals surface area contributed by atoms with Crippen LogP contribution in [0.25, 0.3) is 0 Å². The first-order valence-corrected chi connectivity index (χ1v) is 12.1. The average molecular weight is 518 g/mol. The number of hydrogen-bond donors (Lipinski definition) is 2. The van der Waals surface area contributed by atoms with Crippen LogP contribution in [0.3, 0.4) is 0 Å². The van der Waals surface area contributed by atoms with Gasteiger partial charge in [-0.1, -0.05) is 32.0 Å². The van der Waals surface area contributed by atoms with E-state index in [1.807, 2.05) is 6.07 Å². The third-order valence-corrected chi connectivity index (χ3v) is 6.05. The summed E-state index contributed by atoms with van der Waals surface area (Å²) < 4.78 is 5.47. The normalized spacial score (nSPS) is 11.0. The molecule has 0 radical (unpaired) electrons. The van der Waals surface area contributed by atoms with Gasteiger partial charge in [0.1, 0.15) is 5.75 Å². The highest BCUT2D eigenvalue weighted by Gasteiger charge is 2.15. The molecule has 2 N–H and O–H groups in total. The van der Waals surface area contributed by atoms with Crippen LogP contribution < -0.4 is 15.5 Å². The van der Waals surface area contributed by atoms with Gasteiger partial charge in [0.25, 0.3) is 17.5 Å². The van der Waals surface area contributed by atoms with E-state index < -0.39 is 10.8 Å². The van der Waals surface area contributed by atoms with Crippen molar-refractivity contribution in [3.63, 3.8) is 0 Å². The van der Waals surface area contributed by atoms with Crippen LogP contribution in [0.15, 0.2) is 65.8 Å². The minimum absolute atomic E-state index is 0.131. The first kappa shape index (κ1) is 28.0. The van der Waals surface area contributed by atoms with E-state index in [0.29, 0.717) is 28.9 Å². The van der Waals surface area contributed by atoms with Gasteiger partial charge in [0.2, 0.25) is 0 Å². The number of carbonyl (C=O) groups excluding carboxylic acids is 2. The largest absolute Gasteiger partial charge is 0.496 e. The predicted octanol–water partition coefficient (Wildman–Crippen LogP) is 4.77. The Morgan fingerprint density at radius 1 is 1.00 bits per heavy atom. The van der Waals surface area contributed by atoms with Crippen LogP contribution in [0, 0.1) is 17.0 Å². The van der Waals surface area contributed by atoms with Crippen molar-refractivity contribution in [3.05, 3.63) is 98.6 Å². The zero-order valence-electron chi connectivity index (χ0n) is 21.9. The molecule has 0 bridgehead atoms. The van der Waals surface area contributed by atoms with Crippen LogP contribution in [0.2, 0.25) is 0 Å². The lowest BCUT2D eigenvalue weighted by atomic mass is 10.1. The third kappa shape index (κ3) is 7.23. The van der Waals surface area contributed by atoms with E-state index in [4.69, 9.17) is 4.74 Å². The lowest BCUT2D eigenvalue weighted by Gasteiger charge is -2.20. The number of nitrogens with zero attached hydrogens (tertiary/aromatic N) is 3. The van der Waals surface area contributed by atoms with Gasteiger partial charge in [-0.3, -0.25) is 24.6 Å². The van der Waals surface area contributed by atoms with Crippen molar-refractivity contribution in [2.75, 3.05) is 25.5 Å². The van der Waals surface area contributed by atoms with Crippen molar-refractivity contribution in [2.45, 2.75) is 27.3 Å². The Hall–Kier alpha value is -4.57. The number of benzene rings is 3. The van der Waals surface area contributed by atoms with Gasteiger partial charge >= 0.3 is 0 Å². The van der Waals surface area contributed by atoms with Crippen LogP contribution in [0.1, 0.15) is 51.3 Å². The number of aryl methyl sites for hydroxylation is 1. The van der Waals surface area contributed by atoms with Crippen LogP contribution in [-0.2, 0) is 6.54 Å². The fourth-order valence-corrected chi connectivity index (χ4v) is 3.76. The Morgan fingerprint density at radius 2 is 1.66 bits per heavy atom. The van der Waals surface area contributed by atoms with Gasteiger partial charge in [0, 0.05) is 40.6 Å². The van der Waals surface area contributed by atoms with Crippen molar-refractivity contribution >= 4 is 29.4 Å². The standard InChI is InChI=1S/C28H31N5O5/c1-5-32(6-2)18-23-15-21(11-14-26(23)38-4)27(34)30-24-12-8-20(9-13-24)17-29-31-28(35)22-10-7-19(3)25(16-22)33(36)37/h7-17H,5-6,18H2,1-4H3,(H,30,34)(H,31,35). The maximum atomic E-state index is 12.9. The molecular formula is C28H31N5O5. The van der Waals surface area contributed by atoms with E-state index in [0.717, 1.165) is 24.4 Å². The zero-order valence-corrected chi connectivity index (χ0v) is 21.9. The van der Waals surface area contributed by atoms with Gasteiger partial charge in [-0.25, -0.2) is 5.43 Å². The van der Waals surface area contributed by atoms with Crippen LogP contribution in [-0.4, -0.2) is 48.1 Å². The molecule has 0 aliphatic rings. The maximum Gasteiger partial charge on any atom is 0.273 e. The molecule has 0 heterocycles. The lowest BCUT2D eigenvalue weighted by Crippen LogP contribution is -2.23. The summed E-state index contributed by atoms with van der Waals surface area (Å²) in [5.74, 6) is -0.0628. The number of nitrogens with one attached hydrogen (secondary N) is 2. The summed E-state index contributed by atoms with van der Waals surface area (Å²) >= 11 is 0. The molecule has 0 aromatic heterocycles. The minimum atomic E-state index is -0.562. The monoisotopic (exact) mass is 517 g/mol. The van der Waals surface area contributed by atoms with E-state index in [9.17, 15) is 19.7 Å². The van der Waals surface area contributed by atoms with Crippen molar-refractivity contribution in [3.8, 4) is 5.75 Å². The Balaban J connectivity index is 1.62. The van der Waals surface area contributed by atoms with Crippen LogP contribution in [0.4, 0.5) is 11.4 Å². The molecule has 0 atom stereocenters. The molecule has 2 amide bonds. The molecule has 0 aliphatic carbocycles. The summed E-state index contributed by atoms with van der Waals surface area (Å²) in [4.78, 5) is 37.9. The molecule has 0 spiro atoms. The highest BCUT2D eigenvalue weighted by atomic mass is 16.6. The summed E-state index contributed by atoms with van der Waals surface area (Å²) in [6.45, 7) is 8.25. The highest BCUT2D eigenvalue weighted by molar-refractivity contribution is 6.04. The molecule has 198 valence electrons. The van der Waals surface area contributed by atoms with E-state index in [-0.39, 0.29) is 17.2 Å². The van der Waals surface area contributed by atoms with Gasteiger partial charge in [-0.2, -0.15) is 5.10 Å². The Morgan fingerprint density at radius 3 is 2.29 bits per heavy atom. The first-order valence-electron chi connectivity index (χ1n) is 12.1. The first-order chi connectivity index (χ1) is 18.2. The van der Waals surface area contributed by atoms with Gasteiger partial charge in [0.05, 0.1) is 18.2 Å². The number of ether oxygens (including phenoxy) is 1. The fourth-order valence-electron chi connectivity index (χ4n) is 3.76. The summed E-state index contributed by atoms with van der Waals surface area (Å²) in [6, 6.07) is 16.5. The summed E-state index contributed by atoms with van der Waals surface area (Å²) in [7, 11) is 1.62. The minimum Gasteiger partial charge on any atom is -0.496 e. The topological polar surface area (TPSA) is 126 Å². The second kappa shape index (κ2) is 13.1. The van der Waals surface area contributed by atoms with Crippen molar-refractivity contribution in [2.24, 2.45) is 5.10 Å². The number of rotatable bonds is 11. The third-order valence-electron chi connectivity index (χ3n) is 6.05. The number of anilines is 1. The summed E-state index contributed by atoms with van der Waals surface area (Å²) in [5, 5.41) is 17.9. The predicted molar refractivity (Wildman–Crippen MR) is 147 cm³/mol. The summed E-state index contributed by atoms with van der Waals surface area (Å²) in [6.07, 6.45) is 1.44. The number of carbonyl (C=O) groups is 2. The molecule has 10 nitrogen and oxygen atoms in total. The number of amides is 2. The van der Waals surface area contributed by atoms with E-state index in [1.54, 1.807) is 50.4 Å². The molecule has 3 rings (SSSR count). The molecule has 38 heavy (non-hydrogen) atoms. The molecule has 0 fully saturated rings. The molecule has 3 aromatic rings. The van der Waals surface area contributed by atoms with Crippen LogP contribution in [0.5, 0.6) is 5.75 Å². The maximum absolute atomic E-state index is 12.9. The Bertz CT molecular complexity index is 1330. The number of hydrogen-bond acceptors (Lipinski definition) is 7. The van der Waals surface area contributed by atoms with E-state index in [1.165, 1.54) is 24.4 Å². The fraction of sp³-hybridized carbons (Fsp3) is 0.250. The van der Waals surface area contributed by atoms with Crippen LogP contribution >= 0.6 is 0 Å². The molecule has 3 aromatic carbocycles. The van der Waals surface area contributed by atoms with Gasteiger partial charge in [-0.05, 0) is 62.0 Å². The number of methoxy groups -OCH3 is 1. The van der Waals surface area contributed by atoms with Crippen molar-refractivity contribution in [1.82, 2.24) is 10.3 Å².